The molecular weight excluding hydrogens is 384 g/mol. The number of Topliss-reactive ketones (excluding diaryl/α,β-unsaturated/α-hetero) is 2. The quantitative estimate of drug-likeness (QED) is 0.407. The number of aromatic nitrogens is 2. The van der Waals surface area contributed by atoms with Crippen LogP contribution in [0.1, 0.15) is 39.4 Å². The van der Waals surface area contributed by atoms with Gasteiger partial charge in [-0.1, -0.05) is 48.5 Å². The van der Waals surface area contributed by atoms with Gasteiger partial charge in [0.2, 0.25) is 0 Å². The van der Waals surface area contributed by atoms with Crippen molar-refractivity contribution in [1.29, 1.82) is 0 Å². The maximum Gasteiger partial charge on any atom is 0.167 e. The number of pyridine rings is 2. The van der Waals surface area contributed by atoms with Gasteiger partial charge in [-0.25, -0.2) is 0 Å². The predicted molar refractivity (Wildman–Crippen MR) is 120 cm³/mol. The molecule has 0 spiro atoms. The molecule has 4 heteroatoms. The van der Waals surface area contributed by atoms with Gasteiger partial charge in [-0.2, -0.15) is 0 Å². The van der Waals surface area contributed by atoms with Crippen LogP contribution in [0.5, 0.6) is 0 Å². The summed E-state index contributed by atoms with van der Waals surface area (Å²) in [5, 5.41) is 2.19. The highest BCUT2D eigenvalue weighted by molar-refractivity contribution is 5.97. The van der Waals surface area contributed by atoms with Crippen LogP contribution in [0.3, 0.4) is 0 Å². The van der Waals surface area contributed by atoms with E-state index in [1.54, 1.807) is 18.6 Å². The molecule has 0 saturated heterocycles. The maximum atomic E-state index is 12.8. The van der Waals surface area contributed by atoms with Crippen molar-refractivity contribution in [2.24, 2.45) is 5.92 Å². The average Bonchev–Trinajstić information content (AvgIpc) is 3.61. The van der Waals surface area contributed by atoms with Gasteiger partial charge in [-0.15, -0.1) is 0 Å². The molecule has 1 fully saturated rings. The van der Waals surface area contributed by atoms with E-state index in [4.69, 9.17) is 0 Å². The molecule has 31 heavy (non-hydrogen) atoms. The van der Waals surface area contributed by atoms with Gasteiger partial charge in [-0.3, -0.25) is 19.6 Å². The van der Waals surface area contributed by atoms with Crippen LogP contribution >= 0.6 is 0 Å². The molecule has 152 valence electrons. The highest BCUT2D eigenvalue weighted by Crippen LogP contribution is 2.48. The summed E-state index contributed by atoms with van der Waals surface area (Å²) in [4.78, 5) is 33.5. The Morgan fingerprint density at radius 2 is 1.65 bits per heavy atom. The molecule has 4 nitrogen and oxygen atoms in total. The van der Waals surface area contributed by atoms with Crippen molar-refractivity contribution < 1.29 is 9.59 Å². The van der Waals surface area contributed by atoms with Gasteiger partial charge in [0.25, 0.3) is 0 Å². The minimum absolute atomic E-state index is 0.0741. The molecule has 1 saturated carbocycles. The molecule has 0 aliphatic heterocycles. The van der Waals surface area contributed by atoms with Crippen LogP contribution in [-0.4, -0.2) is 21.5 Å². The van der Waals surface area contributed by atoms with Crippen molar-refractivity contribution in [1.82, 2.24) is 9.97 Å². The Morgan fingerprint density at radius 1 is 0.806 bits per heavy atom. The third-order valence-electron chi connectivity index (χ3n) is 6.04. The van der Waals surface area contributed by atoms with Crippen LogP contribution in [0.15, 0.2) is 85.5 Å². The van der Waals surface area contributed by atoms with E-state index in [1.165, 1.54) is 0 Å². The third kappa shape index (κ3) is 4.29. The van der Waals surface area contributed by atoms with E-state index in [0.717, 1.165) is 33.9 Å². The first kappa shape index (κ1) is 19.3. The normalized spacial score (nSPS) is 17.4. The van der Waals surface area contributed by atoms with Crippen molar-refractivity contribution >= 4 is 22.3 Å². The zero-order valence-corrected chi connectivity index (χ0v) is 17.1. The van der Waals surface area contributed by atoms with Gasteiger partial charge in [-0.05, 0) is 46.5 Å². The Hall–Kier alpha value is -3.66. The number of carbonyl (C=O) groups is 2. The van der Waals surface area contributed by atoms with Crippen molar-refractivity contribution in [3.8, 4) is 0 Å². The molecule has 4 aromatic rings. The summed E-state index contributed by atoms with van der Waals surface area (Å²) in [5.41, 5.74) is 3.79. The summed E-state index contributed by atoms with van der Waals surface area (Å²) in [6.45, 7) is 0. The fourth-order valence-electron chi connectivity index (χ4n) is 4.20. The lowest BCUT2D eigenvalue weighted by Gasteiger charge is -2.05. The lowest BCUT2D eigenvalue weighted by molar-refractivity contribution is -0.119. The predicted octanol–water partition coefficient (Wildman–Crippen LogP) is 4.97. The highest BCUT2D eigenvalue weighted by Gasteiger charge is 2.43. The van der Waals surface area contributed by atoms with Crippen LogP contribution in [0.2, 0.25) is 0 Å². The van der Waals surface area contributed by atoms with Gasteiger partial charge in [0.15, 0.2) is 5.78 Å². The van der Waals surface area contributed by atoms with E-state index in [0.29, 0.717) is 18.4 Å². The molecule has 0 amide bonds. The summed E-state index contributed by atoms with van der Waals surface area (Å²) in [6.07, 6.45) is 8.73. The lowest BCUT2D eigenvalue weighted by atomic mass is 9.99. The smallest absolute Gasteiger partial charge is 0.167 e. The van der Waals surface area contributed by atoms with Crippen molar-refractivity contribution in [3.63, 3.8) is 0 Å². The van der Waals surface area contributed by atoms with E-state index in [9.17, 15) is 9.59 Å². The molecule has 0 bridgehead atoms. The van der Waals surface area contributed by atoms with E-state index < -0.39 is 0 Å². The maximum absolute atomic E-state index is 12.8. The van der Waals surface area contributed by atoms with Gasteiger partial charge in [0, 0.05) is 54.5 Å². The van der Waals surface area contributed by atoms with Gasteiger partial charge < -0.3 is 0 Å². The first-order valence-corrected chi connectivity index (χ1v) is 10.5. The SMILES string of the molecule is O=C(Cc1cccnc1)c1ccc([C@@H]2C[C@H]2C(=O)Cc2ccc3cnccc3c2)cc1. The van der Waals surface area contributed by atoms with Gasteiger partial charge in [0.05, 0.1) is 0 Å². The summed E-state index contributed by atoms with van der Waals surface area (Å²) in [5.74, 6) is 0.703. The van der Waals surface area contributed by atoms with Crippen molar-refractivity contribution in [3.05, 3.63) is 108 Å². The zero-order chi connectivity index (χ0) is 21.2. The number of nitrogens with zero attached hydrogens (tertiary/aromatic N) is 2. The Morgan fingerprint density at radius 3 is 2.45 bits per heavy atom. The lowest BCUT2D eigenvalue weighted by Crippen LogP contribution is -2.07. The third-order valence-corrected chi connectivity index (χ3v) is 6.04. The fraction of sp³-hybridized carbons (Fsp3) is 0.185. The van der Waals surface area contributed by atoms with Crippen LogP contribution in [0.25, 0.3) is 10.8 Å². The number of carbonyl (C=O) groups excluding carboxylic acids is 2. The summed E-state index contributed by atoms with van der Waals surface area (Å²) in [7, 11) is 0. The number of hydrogen-bond acceptors (Lipinski definition) is 4. The molecule has 1 aliphatic carbocycles. The molecule has 0 N–H and O–H groups in total. The summed E-state index contributed by atoms with van der Waals surface area (Å²) < 4.78 is 0. The standard InChI is InChI=1S/C27H22N2O2/c30-26(14-19-2-1-10-28-16-19)21-7-5-20(6-8-21)24-15-25(24)27(31)13-18-3-4-23-17-29-11-9-22(23)12-18/h1-12,16-17,24-25H,13-15H2/t24-,25+/m0/s1. The Kier molecular flexibility index (Phi) is 5.13. The van der Waals surface area contributed by atoms with E-state index >= 15 is 0 Å². The second-order valence-electron chi connectivity index (χ2n) is 8.23. The number of ketones is 2. The van der Waals surface area contributed by atoms with Crippen LogP contribution in [0.4, 0.5) is 0 Å². The second-order valence-corrected chi connectivity index (χ2v) is 8.23. The Balaban J connectivity index is 1.21. The van der Waals surface area contributed by atoms with E-state index in [1.807, 2.05) is 60.8 Å². The largest absolute Gasteiger partial charge is 0.299 e. The molecule has 2 heterocycles. The van der Waals surface area contributed by atoms with E-state index in [-0.39, 0.29) is 23.4 Å². The molecule has 2 aromatic heterocycles. The minimum Gasteiger partial charge on any atom is -0.299 e. The summed E-state index contributed by atoms with van der Waals surface area (Å²) in [6, 6.07) is 19.6. The molecular formula is C27H22N2O2. The molecule has 0 radical (unpaired) electrons. The first-order valence-electron chi connectivity index (χ1n) is 10.5. The number of rotatable bonds is 7. The topological polar surface area (TPSA) is 59.9 Å². The van der Waals surface area contributed by atoms with Crippen LogP contribution in [0, 0.1) is 5.92 Å². The number of hydrogen-bond donors (Lipinski definition) is 0. The molecule has 1 aliphatic rings. The van der Waals surface area contributed by atoms with Crippen molar-refractivity contribution in [2.75, 3.05) is 0 Å². The number of fused-ring (bicyclic) bond motifs is 1. The monoisotopic (exact) mass is 406 g/mol. The zero-order valence-electron chi connectivity index (χ0n) is 17.1. The van der Waals surface area contributed by atoms with Crippen LogP contribution in [-0.2, 0) is 17.6 Å². The van der Waals surface area contributed by atoms with Gasteiger partial charge >= 0.3 is 0 Å². The first-order chi connectivity index (χ1) is 15.2. The molecule has 2 atom stereocenters. The summed E-state index contributed by atoms with van der Waals surface area (Å²) >= 11 is 0. The average molecular weight is 406 g/mol. The van der Waals surface area contributed by atoms with Gasteiger partial charge in [0.1, 0.15) is 5.78 Å². The van der Waals surface area contributed by atoms with Crippen molar-refractivity contribution in [2.45, 2.75) is 25.2 Å². The molecule has 2 aromatic carbocycles. The second kappa shape index (κ2) is 8.23. The fourth-order valence-corrected chi connectivity index (χ4v) is 4.20. The molecule has 5 rings (SSSR count). The molecule has 0 unspecified atom stereocenters. The highest BCUT2D eigenvalue weighted by atomic mass is 16.1. The Bertz CT molecular complexity index is 1250. The minimum atomic E-state index is 0.0741. The number of benzene rings is 2. The Labute approximate surface area is 181 Å². The van der Waals surface area contributed by atoms with E-state index in [2.05, 4.69) is 16.0 Å². The van der Waals surface area contributed by atoms with Crippen LogP contribution < -0.4 is 0 Å².